The van der Waals surface area contributed by atoms with Crippen LogP contribution in [-0.4, -0.2) is 22.2 Å². The van der Waals surface area contributed by atoms with E-state index < -0.39 is 11.9 Å². The molecule has 0 unspecified atom stereocenters. The summed E-state index contributed by atoms with van der Waals surface area (Å²) in [6.45, 7) is 0. The Morgan fingerprint density at radius 2 is 1.29 bits per heavy atom. The summed E-state index contributed by atoms with van der Waals surface area (Å²) in [6.07, 6.45) is 0. The molecular formula is C8H4I2O4. The summed E-state index contributed by atoms with van der Waals surface area (Å²) in [5.41, 5.74) is 0.0341. The molecular weight excluding hydrogens is 414 g/mol. The lowest BCUT2D eigenvalue weighted by atomic mass is 10.1. The minimum absolute atomic E-state index is 0.0171. The SMILES string of the molecule is O=C(O)c1cc(C(=O)O)c(I)cc1I. The van der Waals surface area contributed by atoms with Crippen molar-refractivity contribution in [3.8, 4) is 0 Å². The van der Waals surface area contributed by atoms with Gasteiger partial charge in [0.25, 0.3) is 0 Å². The van der Waals surface area contributed by atoms with Gasteiger partial charge in [0.15, 0.2) is 0 Å². The molecule has 0 radical (unpaired) electrons. The molecule has 0 bridgehead atoms. The van der Waals surface area contributed by atoms with Crippen molar-refractivity contribution in [2.75, 3.05) is 0 Å². The zero-order valence-corrected chi connectivity index (χ0v) is 10.9. The quantitative estimate of drug-likeness (QED) is 0.724. The normalized spacial score (nSPS) is 9.86. The molecule has 0 heterocycles. The van der Waals surface area contributed by atoms with Gasteiger partial charge in [0.2, 0.25) is 0 Å². The monoisotopic (exact) mass is 418 g/mol. The van der Waals surface area contributed by atoms with E-state index in [0.29, 0.717) is 7.14 Å². The standard InChI is InChI=1S/C8H4I2O4/c9-5-2-6(10)4(8(13)14)1-3(5)7(11)12/h1-2H,(H,11,12)(H,13,14). The average molecular weight is 418 g/mol. The van der Waals surface area contributed by atoms with E-state index in [-0.39, 0.29) is 11.1 Å². The number of carboxylic acids is 2. The molecule has 4 nitrogen and oxygen atoms in total. The smallest absolute Gasteiger partial charge is 0.336 e. The predicted molar refractivity (Wildman–Crippen MR) is 65.8 cm³/mol. The molecule has 0 spiro atoms. The van der Waals surface area contributed by atoms with Crippen LogP contribution in [0.5, 0.6) is 0 Å². The molecule has 74 valence electrons. The summed E-state index contributed by atoms with van der Waals surface area (Å²) in [5.74, 6) is -2.23. The second kappa shape index (κ2) is 4.43. The third-order valence-corrected chi connectivity index (χ3v) is 3.30. The van der Waals surface area contributed by atoms with Gasteiger partial charge in [0.05, 0.1) is 11.1 Å². The minimum Gasteiger partial charge on any atom is -0.478 e. The predicted octanol–water partition coefficient (Wildman–Crippen LogP) is 2.29. The second-order valence-corrected chi connectivity index (χ2v) is 4.75. The number of carboxylic acid groups (broad SMARTS) is 2. The number of rotatable bonds is 2. The van der Waals surface area contributed by atoms with Crippen molar-refractivity contribution in [3.05, 3.63) is 30.4 Å². The Morgan fingerprint density at radius 3 is 1.57 bits per heavy atom. The first-order valence-corrected chi connectivity index (χ1v) is 5.55. The lowest BCUT2D eigenvalue weighted by Crippen LogP contribution is -2.06. The summed E-state index contributed by atoms with van der Waals surface area (Å²) in [6, 6.07) is 2.71. The molecule has 0 aliphatic heterocycles. The first-order valence-electron chi connectivity index (χ1n) is 3.39. The highest BCUT2D eigenvalue weighted by Crippen LogP contribution is 2.20. The summed E-state index contributed by atoms with van der Waals surface area (Å²) in [4.78, 5) is 21.4. The third-order valence-electron chi connectivity index (χ3n) is 1.52. The number of carbonyl (C=O) groups is 2. The van der Waals surface area contributed by atoms with Crippen LogP contribution in [0.2, 0.25) is 0 Å². The Bertz CT molecular complexity index is 379. The summed E-state index contributed by atoms with van der Waals surface area (Å²) >= 11 is 3.73. The molecule has 0 fully saturated rings. The molecule has 0 atom stereocenters. The van der Waals surface area contributed by atoms with E-state index in [4.69, 9.17) is 10.2 Å². The zero-order valence-electron chi connectivity index (χ0n) is 6.62. The lowest BCUT2D eigenvalue weighted by Gasteiger charge is -2.03. The fourth-order valence-corrected chi connectivity index (χ4v) is 2.87. The van der Waals surface area contributed by atoms with Crippen LogP contribution in [-0.2, 0) is 0 Å². The molecule has 14 heavy (non-hydrogen) atoms. The molecule has 0 saturated heterocycles. The topological polar surface area (TPSA) is 74.6 Å². The highest BCUT2D eigenvalue weighted by molar-refractivity contribution is 14.1. The van der Waals surface area contributed by atoms with Crippen LogP contribution in [0.3, 0.4) is 0 Å². The average Bonchev–Trinajstić information content (AvgIpc) is 2.02. The highest BCUT2D eigenvalue weighted by atomic mass is 127. The van der Waals surface area contributed by atoms with E-state index in [1.54, 1.807) is 0 Å². The maximum atomic E-state index is 10.7. The van der Waals surface area contributed by atoms with Crippen LogP contribution in [0.4, 0.5) is 0 Å². The van der Waals surface area contributed by atoms with E-state index >= 15 is 0 Å². The number of hydrogen-bond donors (Lipinski definition) is 2. The van der Waals surface area contributed by atoms with Gasteiger partial charge in [-0.2, -0.15) is 0 Å². The van der Waals surface area contributed by atoms with Gasteiger partial charge >= 0.3 is 11.9 Å². The van der Waals surface area contributed by atoms with E-state index in [2.05, 4.69) is 0 Å². The first kappa shape index (κ1) is 11.7. The molecule has 0 amide bonds. The molecule has 1 aromatic carbocycles. The number of aromatic carboxylic acids is 2. The van der Waals surface area contributed by atoms with Gasteiger partial charge in [0.1, 0.15) is 0 Å². The van der Waals surface area contributed by atoms with E-state index in [1.807, 2.05) is 45.2 Å². The molecule has 0 aliphatic carbocycles. The zero-order chi connectivity index (χ0) is 10.9. The van der Waals surface area contributed by atoms with Crippen LogP contribution < -0.4 is 0 Å². The second-order valence-electron chi connectivity index (χ2n) is 2.42. The third kappa shape index (κ3) is 2.35. The van der Waals surface area contributed by atoms with Crippen LogP contribution in [0, 0.1) is 7.14 Å². The van der Waals surface area contributed by atoms with Crippen LogP contribution in [0.15, 0.2) is 12.1 Å². The number of hydrogen-bond acceptors (Lipinski definition) is 2. The molecule has 1 rings (SSSR count). The van der Waals surface area contributed by atoms with Gasteiger partial charge in [-0.25, -0.2) is 9.59 Å². The van der Waals surface area contributed by atoms with E-state index in [0.717, 1.165) is 0 Å². The van der Waals surface area contributed by atoms with Gasteiger partial charge in [-0.1, -0.05) is 0 Å². The van der Waals surface area contributed by atoms with Gasteiger partial charge in [-0.3, -0.25) is 0 Å². The Morgan fingerprint density at radius 1 is 0.929 bits per heavy atom. The molecule has 0 aromatic heterocycles. The Balaban J connectivity index is 3.42. The van der Waals surface area contributed by atoms with Crippen molar-refractivity contribution in [1.82, 2.24) is 0 Å². The van der Waals surface area contributed by atoms with Gasteiger partial charge in [0, 0.05) is 7.14 Å². The van der Waals surface area contributed by atoms with Gasteiger partial charge in [-0.05, 0) is 57.3 Å². The Kier molecular flexibility index (Phi) is 3.70. The molecule has 6 heteroatoms. The largest absolute Gasteiger partial charge is 0.478 e. The summed E-state index contributed by atoms with van der Waals surface area (Å²) < 4.78 is 1.06. The fraction of sp³-hybridized carbons (Fsp3) is 0. The maximum absolute atomic E-state index is 10.7. The van der Waals surface area contributed by atoms with Gasteiger partial charge < -0.3 is 10.2 Å². The van der Waals surface area contributed by atoms with Crippen molar-refractivity contribution in [2.24, 2.45) is 0 Å². The fourth-order valence-electron chi connectivity index (χ4n) is 0.877. The van der Waals surface area contributed by atoms with Crippen LogP contribution in [0.1, 0.15) is 20.7 Å². The van der Waals surface area contributed by atoms with Gasteiger partial charge in [-0.15, -0.1) is 0 Å². The molecule has 1 aromatic rings. The summed E-state index contributed by atoms with van der Waals surface area (Å²) in [5, 5.41) is 17.5. The lowest BCUT2D eigenvalue weighted by molar-refractivity contribution is 0.0695. The van der Waals surface area contributed by atoms with Crippen molar-refractivity contribution >= 4 is 57.1 Å². The van der Waals surface area contributed by atoms with Crippen molar-refractivity contribution in [1.29, 1.82) is 0 Å². The van der Waals surface area contributed by atoms with E-state index in [9.17, 15) is 9.59 Å². The number of halogens is 2. The van der Waals surface area contributed by atoms with Crippen molar-refractivity contribution in [2.45, 2.75) is 0 Å². The van der Waals surface area contributed by atoms with Crippen LogP contribution in [0.25, 0.3) is 0 Å². The number of benzene rings is 1. The van der Waals surface area contributed by atoms with E-state index in [1.165, 1.54) is 12.1 Å². The molecule has 0 aliphatic rings. The van der Waals surface area contributed by atoms with Crippen molar-refractivity contribution in [3.63, 3.8) is 0 Å². The summed E-state index contributed by atoms with van der Waals surface area (Å²) in [7, 11) is 0. The van der Waals surface area contributed by atoms with Crippen molar-refractivity contribution < 1.29 is 19.8 Å². The Labute approximate surface area is 107 Å². The molecule has 2 N–H and O–H groups in total. The Hall–Kier alpha value is -0.380. The maximum Gasteiger partial charge on any atom is 0.336 e. The highest BCUT2D eigenvalue weighted by Gasteiger charge is 2.15. The van der Waals surface area contributed by atoms with Crippen LogP contribution >= 0.6 is 45.2 Å². The first-order chi connectivity index (χ1) is 6.43. The molecule has 0 saturated carbocycles. The minimum atomic E-state index is -1.12.